The van der Waals surface area contributed by atoms with Gasteiger partial charge < -0.3 is 29.7 Å². The summed E-state index contributed by atoms with van der Waals surface area (Å²) in [5, 5.41) is 21.2. The smallest absolute Gasteiger partial charge is 0.416 e. The van der Waals surface area contributed by atoms with Crippen molar-refractivity contribution in [1.29, 1.82) is 0 Å². The fourth-order valence-corrected chi connectivity index (χ4v) is 5.83. The Hall–Kier alpha value is -2.64. The fraction of sp³-hybridized carbons (Fsp3) is 0.333. The number of hydrogen-bond acceptors (Lipinski definition) is 10. The second-order valence-corrected chi connectivity index (χ2v) is 12.2. The lowest BCUT2D eigenvalue weighted by molar-refractivity contribution is -0.192. The zero-order valence-electron chi connectivity index (χ0n) is 20.6. The van der Waals surface area contributed by atoms with Gasteiger partial charge in [0.25, 0.3) is 6.43 Å². The molecular formula is C24H25ClF2N3O7PS. The summed E-state index contributed by atoms with van der Waals surface area (Å²) in [6.45, 7) is -1.23. The van der Waals surface area contributed by atoms with Crippen LogP contribution in [-0.2, 0) is 21.1 Å². The van der Waals surface area contributed by atoms with Crippen LogP contribution in [0.2, 0.25) is 5.02 Å². The van der Waals surface area contributed by atoms with E-state index < -0.39 is 49.5 Å². The second kappa shape index (κ2) is 11.5. The van der Waals surface area contributed by atoms with Gasteiger partial charge in [0.2, 0.25) is 0 Å². The lowest BCUT2D eigenvalue weighted by Crippen LogP contribution is -2.52. The van der Waals surface area contributed by atoms with Crippen LogP contribution >= 0.6 is 18.3 Å². The lowest BCUT2D eigenvalue weighted by atomic mass is 9.96. The number of alkyl halides is 2. The number of aliphatic hydroxyl groups excluding tert-OH is 2. The van der Waals surface area contributed by atoms with Crippen LogP contribution in [0.15, 0.2) is 59.5 Å². The van der Waals surface area contributed by atoms with Gasteiger partial charge in [0.15, 0.2) is 11.8 Å². The van der Waals surface area contributed by atoms with Crippen molar-refractivity contribution in [3.8, 4) is 11.5 Å². The summed E-state index contributed by atoms with van der Waals surface area (Å²) >= 11 is 11.5. The number of nitrogens with zero attached hydrogens (tertiary/aromatic N) is 2. The Morgan fingerprint density at radius 2 is 1.64 bits per heavy atom. The molecule has 210 valence electrons. The Kier molecular flexibility index (Phi) is 8.62. The van der Waals surface area contributed by atoms with Crippen molar-refractivity contribution in [2.75, 3.05) is 12.3 Å². The Balaban J connectivity index is 1.65. The fourth-order valence-electron chi connectivity index (χ4n) is 3.74. The molecule has 0 unspecified atom stereocenters. The van der Waals surface area contributed by atoms with E-state index in [1.807, 2.05) is 13.8 Å². The van der Waals surface area contributed by atoms with E-state index in [2.05, 4.69) is 4.98 Å². The van der Waals surface area contributed by atoms with Crippen LogP contribution in [0.4, 0.5) is 14.6 Å². The van der Waals surface area contributed by atoms with E-state index in [1.165, 1.54) is 0 Å². The number of aromatic nitrogens is 2. The monoisotopic (exact) mass is 603 g/mol. The Bertz CT molecular complexity index is 1380. The molecule has 4 rings (SSSR count). The minimum atomic E-state index is -3.88. The van der Waals surface area contributed by atoms with Crippen molar-refractivity contribution in [2.24, 2.45) is 0 Å². The number of halogens is 3. The molecule has 1 aliphatic rings. The topological polar surface area (TPSA) is 138 Å². The molecule has 0 spiro atoms. The molecule has 1 fully saturated rings. The summed E-state index contributed by atoms with van der Waals surface area (Å²) in [6, 6.07) is 13.4. The van der Waals surface area contributed by atoms with Crippen molar-refractivity contribution in [1.82, 2.24) is 9.55 Å². The van der Waals surface area contributed by atoms with Gasteiger partial charge in [-0.25, -0.2) is 13.6 Å². The first-order valence-electron chi connectivity index (χ1n) is 11.5. The third kappa shape index (κ3) is 6.25. The van der Waals surface area contributed by atoms with E-state index in [9.17, 15) is 23.8 Å². The first-order valence-corrected chi connectivity index (χ1v) is 14.4. The molecule has 10 nitrogen and oxygen atoms in total. The van der Waals surface area contributed by atoms with Crippen molar-refractivity contribution in [3.63, 3.8) is 0 Å². The number of benzene rings is 2. The number of nitrogens with two attached hydrogens (primary N) is 1. The van der Waals surface area contributed by atoms with Crippen LogP contribution in [0.1, 0.15) is 17.4 Å². The Morgan fingerprint density at radius 3 is 2.13 bits per heavy atom. The van der Waals surface area contributed by atoms with Crippen LogP contribution in [0.5, 0.6) is 11.5 Å². The molecule has 0 saturated carbocycles. The molecule has 0 bridgehead atoms. The summed E-state index contributed by atoms with van der Waals surface area (Å²) in [7, 11) is 0. The summed E-state index contributed by atoms with van der Waals surface area (Å²) in [5.74, 6) is 0.195. The zero-order valence-corrected chi connectivity index (χ0v) is 23.1. The molecule has 4 N–H and O–H groups in total. The van der Waals surface area contributed by atoms with Gasteiger partial charge in [-0.15, -0.1) is 0 Å². The highest BCUT2D eigenvalue weighted by Crippen LogP contribution is 2.52. The van der Waals surface area contributed by atoms with Gasteiger partial charge in [0, 0.05) is 18.0 Å². The molecule has 0 amide bonds. The quantitative estimate of drug-likeness (QED) is 0.310. The van der Waals surface area contributed by atoms with Crippen molar-refractivity contribution in [3.05, 3.63) is 81.4 Å². The van der Waals surface area contributed by atoms with E-state index in [4.69, 9.17) is 47.4 Å². The summed E-state index contributed by atoms with van der Waals surface area (Å²) in [5.41, 5.74) is 3.49. The van der Waals surface area contributed by atoms with Crippen LogP contribution in [0, 0.1) is 13.8 Å². The molecule has 4 atom stereocenters. The van der Waals surface area contributed by atoms with Gasteiger partial charge in [-0.1, -0.05) is 47.0 Å². The first kappa shape index (κ1) is 29.3. The van der Waals surface area contributed by atoms with Gasteiger partial charge in [-0.3, -0.25) is 9.09 Å². The average Bonchev–Trinajstić information content (AvgIpc) is 3.14. The van der Waals surface area contributed by atoms with E-state index >= 15 is 0 Å². The normalized spacial score (nSPS) is 23.2. The SMILES string of the molecule is Cc1ccc(OP(=S)(OC[C@@]2(C(F)F)O[C@@H](n3cc(Cl)c(N)nc3=O)[C@H](O)[C@H]2O)Oc2ccc(C)cc2)cc1. The molecule has 1 saturated heterocycles. The van der Waals surface area contributed by atoms with E-state index in [0.717, 1.165) is 17.3 Å². The van der Waals surface area contributed by atoms with Crippen LogP contribution in [0.25, 0.3) is 0 Å². The molecular weight excluding hydrogens is 579 g/mol. The van der Waals surface area contributed by atoms with E-state index in [1.54, 1.807) is 48.5 Å². The number of nitrogen functional groups attached to an aromatic ring is 1. The molecule has 1 aliphatic heterocycles. The van der Waals surface area contributed by atoms with Crippen molar-refractivity contribution >= 4 is 35.9 Å². The minimum absolute atomic E-state index is 0.195. The van der Waals surface area contributed by atoms with Gasteiger partial charge in [-0.2, -0.15) is 4.98 Å². The summed E-state index contributed by atoms with van der Waals surface area (Å²) < 4.78 is 52.5. The largest absolute Gasteiger partial charge is 0.435 e. The molecule has 0 radical (unpaired) electrons. The Morgan fingerprint density at radius 1 is 1.13 bits per heavy atom. The van der Waals surface area contributed by atoms with Crippen LogP contribution < -0.4 is 20.5 Å². The third-order valence-corrected chi connectivity index (χ3v) is 8.33. The highest BCUT2D eigenvalue weighted by atomic mass is 35.5. The second-order valence-electron chi connectivity index (χ2n) is 8.89. The molecule has 2 aromatic carbocycles. The molecule has 1 aromatic heterocycles. The summed E-state index contributed by atoms with van der Waals surface area (Å²) in [6.07, 6.45) is -8.49. The van der Waals surface area contributed by atoms with Gasteiger partial charge in [-0.05, 0) is 38.1 Å². The van der Waals surface area contributed by atoms with Crippen LogP contribution in [0.3, 0.4) is 0 Å². The molecule has 2 heterocycles. The Labute approximate surface area is 232 Å². The predicted molar refractivity (Wildman–Crippen MR) is 143 cm³/mol. The van der Waals surface area contributed by atoms with Crippen molar-refractivity contribution in [2.45, 2.75) is 44.3 Å². The average molecular weight is 604 g/mol. The molecule has 3 aromatic rings. The maximum atomic E-state index is 14.5. The summed E-state index contributed by atoms with van der Waals surface area (Å²) in [4.78, 5) is 15.8. The standard InChI is InChI=1S/C24H25ClF2N3O7PS/c1-13-3-7-15(8-4-13)36-38(39,37-16-9-5-14(2)6-10-16)34-12-24(22(26)27)19(32)18(31)21(35-24)30-11-17(25)20(28)29-23(30)33/h3-11,18-19,21-22,31-32H,12H2,1-2H3,(H2,28,29,33)/t18-,19-,21-,24-/m1/s1. The van der Waals surface area contributed by atoms with E-state index in [0.29, 0.717) is 4.57 Å². The highest BCUT2D eigenvalue weighted by molar-refractivity contribution is 8.07. The van der Waals surface area contributed by atoms with Crippen molar-refractivity contribution < 1.29 is 37.3 Å². The molecule has 39 heavy (non-hydrogen) atoms. The molecule has 15 heteroatoms. The van der Waals surface area contributed by atoms with Crippen LogP contribution in [-0.4, -0.2) is 50.6 Å². The number of aryl methyl sites for hydroxylation is 2. The highest BCUT2D eigenvalue weighted by Gasteiger charge is 2.61. The number of ether oxygens (including phenoxy) is 1. The number of rotatable bonds is 9. The first-order chi connectivity index (χ1) is 18.3. The number of aliphatic hydroxyl groups is 2. The lowest BCUT2D eigenvalue weighted by Gasteiger charge is -2.33. The van der Waals surface area contributed by atoms with Gasteiger partial charge in [0.05, 0.1) is 11.6 Å². The minimum Gasteiger partial charge on any atom is -0.416 e. The zero-order chi connectivity index (χ0) is 28.5. The van der Waals surface area contributed by atoms with E-state index in [-0.39, 0.29) is 22.3 Å². The predicted octanol–water partition coefficient (Wildman–Crippen LogP) is 3.75. The van der Waals surface area contributed by atoms with Gasteiger partial charge in [0.1, 0.15) is 29.5 Å². The number of hydrogen-bond donors (Lipinski definition) is 3. The molecule has 0 aliphatic carbocycles. The third-order valence-electron chi connectivity index (χ3n) is 5.96. The maximum absolute atomic E-state index is 14.5. The maximum Gasteiger partial charge on any atom is 0.435 e. The number of anilines is 1. The van der Waals surface area contributed by atoms with Gasteiger partial charge >= 0.3 is 12.4 Å².